The number of amides is 1. The average molecular weight is 270 g/mol. The van der Waals surface area contributed by atoms with Crippen molar-refractivity contribution in [3.8, 4) is 11.8 Å². The molecule has 0 aliphatic heterocycles. The van der Waals surface area contributed by atoms with Gasteiger partial charge in [0, 0.05) is 12.3 Å². The van der Waals surface area contributed by atoms with Gasteiger partial charge in [0.1, 0.15) is 12.3 Å². The van der Waals surface area contributed by atoms with Gasteiger partial charge in [-0.2, -0.15) is 10.4 Å². The summed E-state index contributed by atoms with van der Waals surface area (Å²) in [7, 11) is 1.60. The lowest BCUT2D eigenvalue weighted by Crippen LogP contribution is -2.15. The Bertz CT molecular complexity index is 625. The zero-order valence-electron chi connectivity index (χ0n) is 11.0. The zero-order chi connectivity index (χ0) is 14.4. The van der Waals surface area contributed by atoms with Crippen LogP contribution in [0, 0.1) is 11.3 Å². The van der Waals surface area contributed by atoms with Crippen LogP contribution in [0.3, 0.4) is 0 Å². The number of benzene rings is 1. The number of rotatable bonds is 5. The summed E-state index contributed by atoms with van der Waals surface area (Å²) in [5.74, 6) is 1.04. The molecule has 0 spiro atoms. The number of nitriles is 1. The number of nitrogens with zero attached hydrogens (tertiary/aromatic N) is 3. The van der Waals surface area contributed by atoms with Gasteiger partial charge in [0.15, 0.2) is 5.82 Å². The normalized spacial score (nSPS) is 9.80. The first kappa shape index (κ1) is 13.6. The summed E-state index contributed by atoms with van der Waals surface area (Å²) in [6, 6.07) is 10.9. The van der Waals surface area contributed by atoms with E-state index in [0.717, 1.165) is 11.3 Å². The number of hydrogen-bond acceptors (Lipinski definition) is 4. The van der Waals surface area contributed by atoms with E-state index >= 15 is 0 Å². The van der Waals surface area contributed by atoms with Crippen molar-refractivity contribution >= 4 is 11.7 Å². The van der Waals surface area contributed by atoms with Crippen molar-refractivity contribution in [2.24, 2.45) is 0 Å². The standard InChI is InChI=1S/C14H14N4O2/c1-20-12-4-2-11(3-5-12)10-14(19)16-13-6-8-18(17-13)9-7-15/h2-6,8H,9-10H2,1H3,(H,16,17,19). The lowest BCUT2D eigenvalue weighted by atomic mass is 10.1. The predicted molar refractivity (Wildman–Crippen MR) is 73.2 cm³/mol. The Hall–Kier alpha value is -2.81. The van der Waals surface area contributed by atoms with Crippen LogP contribution in [-0.2, 0) is 17.8 Å². The Kier molecular flexibility index (Phi) is 4.35. The highest BCUT2D eigenvalue weighted by atomic mass is 16.5. The first-order valence-electron chi connectivity index (χ1n) is 6.04. The molecular weight excluding hydrogens is 256 g/mol. The molecule has 2 aromatic rings. The molecule has 1 amide bonds. The Morgan fingerprint density at radius 3 is 2.80 bits per heavy atom. The third-order valence-electron chi connectivity index (χ3n) is 2.66. The molecule has 6 heteroatoms. The van der Waals surface area contributed by atoms with Crippen LogP contribution in [0.2, 0.25) is 0 Å². The molecule has 0 radical (unpaired) electrons. The van der Waals surface area contributed by atoms with Gasteiger partial charge in [-0.1, -0.05) is 12.1 Å². The van der Waals surface area contributed by atoms with E-state index in [2.05, 4.69) is 10.4 Å². The van der Waals surface area contributed by atoms with Crippen molar-refractivity contribution < 1.29 is 9.53 Å². The quantitative estimate of drug-likeness (QED) is 0.894. The van der Waals surface area contributed by atoms with Crippen LogP contribution < -0.4 is 10.1 Å². The van der Waals surface area contributed by atoms with Gasteiger partial charge in [-0.3, -0.25) is 9.48 Å². The molecule has 0 unspecified atom stereocenters. The second-order valence-electron chi connectivity index (χ2n) is 4.13. The Balaban J connectivity index is 1.92. The van der Waals surface area contributed by atoms with Crippen molar-refractivity contribution in [1.82, 2.24) is 9.78 Å². The number of anilines is 1. The molecule has 1 N–H and O–H groups in total. The Morgan fingerprint density at radius 2 is 2.15 bits per heavy atom. The summed E-state index contributed by atoms with van der Waals surface area (Å²) >= 11 is 0. The van der Waals surface area contributed by atoms with Crippen molar-refractivity contribution in [1.29, 1.82) is 5.26 Å². The number of carbonyl (C=O) groups excluding carboxylic acids is 1. The van der Waals surface area contributed by atoms with E-state index < -0.39 is 0 Å². The van der Waals surface area contributed by atoms with Crippen molar-refractivity contribution in [2.75, 3.05) is 12.4 Å². The molecule has 1 aromatic carbocycles. The smallest absolute Gasteiger partial charge is 0.229 e. The van der Waals surface area contributed by atoms with Gasteiger partial charge in [0.05, 0.1) is 19.6 Å². The summed E-state index contributed by atoms with van der Waals surface area (Å²) in [5, 5.41) is 15.3. The van der Waals surface area contributed by atoms with E-state index in [4.69, 9.17) is 10.00 Å². The second kappa shape index (κ2) is 6.38. The Morgan fingerprint density at radius 1 is 1.40 bits per heavy atom. The molecule has 0 aliphatic rings. The second-order valence-corrected chi connectivity index (χ2v) is 4.13. The fraction of sp³-hybridized carbons (Fsp3) is 0.214. The Labute approximate surface area is 116 Å². The highest BCUT2D eigenvalue weighted by Crippen LogP contribution is 2.12. The molecule has 0 atom stereocenters. The van der Waals surface area contributed by atoms with Crippen molar-refractivity contribution in [2.45, 2.75) is 13.0 Å². The molecule has 0 bridgehead atoms. The fourth-order valence-electron chi connectivity index (χ4n) is 1.70. The number of ether oxygens (including phenoxy) is 1. The minimum Gasteiger partial charge on any atom is -0.497 e. The van der Waals surface area contributed by atoms with Gasteiger partial charge >= 0.3 is 0 Å². The molecule has 1 heterocycles. The molecule has 0 saturated heterocycles. The van der Waals surface area contributed by atoms with Gasteiger partial charge in [-0.25, -0.2) is 0 Å². The zero-order valence-corrected chi connectivity index (χ0v) is 11.0. The maximum absolute atomic E-state index is 11.8. The van der Waals surface area contributed by atoms with Crippen LogP contribution in [0.1, 0.15) is 5.56 Å². The van der Waals surface area contributed by atoms with Crippen LogP contribution in [0.25, 0.3) is 0 Å². The molecule has 0 saturated carbocycles. The minimum atomic E-state index is -0.155. The van der Waals surface area contributed by atoms with Gasteiger partial charge in [0.2, 0.25) is 5.91 Å². The van der Waals surface area contributed by atoms with Crippen LogP contribution in [0.4, 0.5) is 5.82 Å². The third-order valence-corrected chi connectivity index (χ3v) is 2.66. The molecule has 2 rings (SSSR count). The van der Waals surface area contributed by atoms with Gasteiger partial charge in [-0.05, 0) is 17.7 Å². The van der Waals surface area contributed by atoms with Crippen LogP contribution in [-0.4, -0.2) is 22.8 Å². The monoisotopic (exact) mass is 270 g/mol. The molecule has 0 aliphatic carbocycles. The fourth-order valence-corrected chi connectivity index (χ4v) is 1.70. The number of aromatic nitrogens is 2. The third kappa shape index (κ3) is 3.59. The van der Waals surface area contributed by atoms with E-state index in [9.17, 15) is 4.79 Å². The van der Waals surface area contributed by atoms with E-state index in [-0.39, 0.29) is 18.9 Å². The number of methoxy groups -OCH3 is 1. The van der Waals surface area contributed by atoms with E-state index in [1.54, 1.807) is 19.4 Å². The molecule has 20 heavy (non-hydrogen) atoms. The van der Waals surface area contributed by atoms with Crippen molar-refractivity contribution in [3.63, 3.8) is 0 Å². The van der Waals surface area contributed by atoms with Crippen LogP contribution >= 0.6 is 0 Å². The van der Waals surface area contributed by atoms with E-state index in [1.807, 2.05) is 30.3 Å². The average Bonchev–Trinajstić information content (AvgIpc) is 2.87. The molecular formula is C14H14N4O2. The summed E-state index contributed by atoms with van der Waals surface area (Å²) in [4.78, 5) is 11.8. The largest absolute Gasteiger partial charge is 0.497 e. The maximum Gasteiger partial charge on any atom is 0.229 e. The molecule has 102 valence electrons. The van der Waals surface area contributed by atoms with Crippen LogP contribution in [0.15, 0.2) is 36.5 Å². The van der Waals surface area contributed by atoms with Gasteiger partial charge in [-0.15, -0.1) is 0 Å². The minimum absolute atomic E-state index is 0.155. The molecule has 0 fully saturated rings. The first-order valence-corrected chi connectivity index (χ1v) is 6.04. The molecule has 6 nitrogen and oxygen atoms in total. The maximum atomic E-state index is 11.8. The lowest BCUT2D eigenvalue weighted by Gasteiger charge is -2.04. The number of carbonyl (C=O) groups is 1. The summed E-state index contributed by atoms with van der Waals surface area (Å²) in [5.41, 5.74) is 0.889. The topological polar surface area (TPSA) is 79.9 Å². The first-order chi connectivity index (χ1) is 9.71. The van der Waals surface area contributed by atoms with Gasteiger partial charge < -0.3 is 10.1 Å². The molecule has 1 aromatic heterocycles. The van der Waals surface area contributed by atoms with Crippen molar-refractivity contribution in [3.05, 3.63) is 42.1 Å². The van der Waals surface area contributed by atoms with Crippen LogP contribution in [0.5, 0.6) is 5.75 Å². The highest BCUT2D eigenvalue weighted by Gasteiger charge is 2.06. The highest BCUT2D eigenvalue weighted by molar-refractivity contribution is 5.91. The van der Waals surface area contributed by atoms with E-state index in [0.29, 0.717) is 5.82 Å². The SMILES string of the molecule is COc1ccc(CC(=O)Nc2ccn(CC#N)n2)cc1. The summed E-state index contributed by atoms with van der Waals surface area (Å²) < 4.78 is 6.52. The number of nitrogens with one attached hydrogen (secondary N) is 1. The predicted octanol–water partition coefficient (Wildman–Crippen LogP) is 1.60. The number of hydrogen-bond donors (Lipinski definition) is 1. The van der Waals surface area contributed by atoms with E-state index in [1.165, 1.54) is 4.68 Å². The van der Waals surface area contributed by atoms with Gasteiger partial charge in [0.25, 0.3) is 0 Å². The summed E-state index contributed by atoms with van der Waals surface area (Å²) in [6.45, 7) is 0.161. The lowest BCUT2D eigenvalue weighted by molar-refractivity contribution is -0.115. The summed E-state index contributed by atoms with van der Waals surface area (Å²) in [6.07, 6.45) is 1.90.